The molecule has 1 aliphatic rings. The fraction of sp³-hybridized carbons (Fsp3) is 0.722. The van der Waals surface area contributed by atoms with Gasteiger partial charge in [0.1, 0.15) is 5.82 Å². The van der Waals surface area contributed by atoms with E-state index >= 15 is 0 Å². The Morgan fingerprint density at radius 3 is 2.62 bits per heavy atom. The highest BCUT2D eigenvalue weighted by Crippen LogP contribution is 2.35. The molecule has 1 saturated heterocycles. The maximum absolute atomic E-state index is 4.83. The molecule has 0 amide bonds. The highest BCUT2D eigenvalue weighted by atomic mass is 15.2. The Kier molecular flexibility index (Phi) is 5.26. The molecule has 1 aliphatic heterocycles. The molecule has 118 valence electrons. The maximum atomic E-state index is 4.83. The molecule has 1 unspecified atom stereocenters. The van der Waals surface area contributed by atoms with Crippen LogP contribution >= 0.6 is 0 Å². The predicted molar refractivity (Wildman–Crippen MR) is 90.7 cm³/mol. The summed E-state index contributed by atoms with van der Waals surface area (Å²) in [7, 11) is 1.98. The second-order valence-electron chi connectivity index (χ2n) is 7.43. The predicted octanol–water partition coefficient (Wildman–Crippen LogP) is 3.76. The third-order valence-corrected chi connectivity index (χ3v) is 4.82. The van der Waals surface area contributed by atoms with E-state index in [1.54, 1.807) is 0 Å². The van der Waals surface area contributed by atoms with Gasteiger partial charge in [0, 0.05) is 25.3 Å². The summed E-state index contributed by atoms with van der Waals surface area (Å²) >= 11 is 0. The molecule has 0 spiro atoms. The van der Waals surface area contributed by atoms with Crippen LogP contribution in [0.5, 0.6) is 0 Å². The highest BCUT2D eigenvalue weighted by molar-refractivity contribution is 5.41. The summed E-state index contributed by atoms with van der Waals surface area (Å²) in [5, 5.41) is 3.20. The fourth-order valence-corrected chi connectivity index (χ4v) is 3.32. The lowest BCUT2D eigenvalue weighted by atomic mass is 9.77. The summed E-state index contributed by atoms with van der Waals surface area (Å²) in [4.78, 5) is 7.30. The summed E-state index contributed by atoms with van der Waals surface area (Å²) in [6, 6.07) is 4.41. The van der Waals surface area contributed by atoms with E-state index in [0.29, 0.717) is 5.41 Å². The number of nitrogens with zero attached hydrogens (tertiary/aromatic N) is 2. The second kappa shape index (κ2) is 6.78. The molecule has 2 heterocycles. The first kappa shape index (κ1) is 16.3. The second-order valence-corrected chi connectivity index (χ2v) is 7.43. The highest BCUT2D eigenvalue weighted by Gasteiger charge is 2.27. The van der Waals surface area contributed by atoms with Gasteiger partial charge in [-0.3, -0.25) is 0 Å². The summed E-state index contributed by atoms with van der Waals surface area (Å²) in [5.74, 6) is 1.98. The van der Waals surface area contributed by atoms with E-state index in [-0.39, 0.29) is 0 Å². The normalized spacial score (nSPS) is 20.4. The van der Waals surface area contributed by atoms with Crippen LogP contribution < -0.4 is 10.2 Å². The summed E-state index contributed by atoms with van der Waals surface area (Å²) in [5.41, 5.74) is 2.87. The molecule has 1 fully saturated rings. The Morgan fingerprint density at radius 2 is 2.00 bits per heavy atom. The number of pyridine rings is 1. The lowest BCUT2D eigenvalue weighted by molar-refractivity contribution is 0.220. The van der Waals surface area contributed by atoms with Crippen molar-refractivity contribution in [3.63, 3.8) is 0 Å². The van der Waals surface area contributed by atoms with Gasteiger partial charge in [0.15, 0.2) is 0 Å². The van der Waals surface area contributed by atoms with Gasteiger partial charge < -0.3 is 10.2 Å². The molecule has 3 heteroatoms. The average Bonchev–Trinajstić information content (AvgIpc) is 2.66. The molecule has 0 aromatic carbocycles. The zero-order valence-corrected chi connectivity index (χ0v) is 14.4. The minimum atomic E-state index is 0.427. The van der Waals surface area contributed by atoms with Gasteiger partial charge in [-0.05, 0) is 56.2 Å². The first-order valence-corrected chi connectivity index (χ1v) is 8.28. The van der Waals surface area contributed by atoms with Crippen molar-refractivity contribution in [1.82, 2.24) is 10.3 Å². The van der Waals surface area contributed by atoms with Crippen LogP contribution in [0.1, 0.15) is 51.3 Å². The van der Waals surface area contributed by atoms with Crippen LogP contribution in [0.2, 0.25) is 0 Å². The first-order valence-electron chi connectivity index (χ1n) is 8.28. The molecule has 21 heavy (non-hydrogen) atoms. The molecule has 0 aliphatic carbocycles. The SMILES string of the molecule is CNCc1ccc(N2CCCC(C(C)(C)C)CC2)nc1C. The number of rotatable bonds is 3. The average molecular weight is 289 g/mol. The quantitative estimate of drug-likeness (QED) is 0.918. The molecule has 0 bridgehead atoms. The molecule has 0 radical (unpaired) electrons. The molecule has 1 atom stereocenters. The zero-order chi connectivity index (χ0) is 15.5. The van der Waals surface area contributed by atoms with Crippen molar-refractivity contribution in [3.05, 3.63) is 23.4 Å². The van der Waals surface area contributed by atoms with E-state index in [1.165, 1.54) is 24.8 Å². The lowest BCUT2D eigenvalue weighted by Gasteiger charge is -2.30. The van der Waals surface area contributed by atoms with Crippen molar-refractivity contribution in [2.45, 2.75) is 53.5 Å². The number of aromatic nitrogens is 1. The summed E-state index contributed by atoms with van der Waals surface area (Å²) in [6.07, 6.45) is 3.90. The van der Waals surface area contributed by atoms with Crippen molar-refractivity contribution in [1.29, 1.82) is 0 Å². The Hall–Kier alpha value is -1.09. The summed E-state index contributed by atoms with van der Waals surface area (Å²) < 4.78 is 0. The van der Waals surface area contributed by atoms with Crippen molar-refractivity contribution in [3.8, 4) is 0 Å². The monoisotopic (exact) mass is 289 g/mol. The van der Waals surface area contributed by atoms with Crippen molar-refractivity contribution < 1.29 is 0 Å². The standard InChI is InChI=1S/C18H31N3/c1-14-15(13-19-5)8-9-17(20-14)21-11-6-7-16(10-12-21)18(2,3)4/h8-9,16,19H,6-7,10-13H2,1-5H3. The van der Waals surface area contributed by atoms with E-state index in [9.17, 15) is 0 Å². The van der Waals surface area contributed by atoms with Crippen LogP contribution in [0.15, 0.2) is 12.1 Å². The van der Waals surface area contributed by atoms with Gasteiger partial charge in [-0.2, -0.15) is 0 Å². The Labute approximate surface area is 130 Å². The van der Waals surface area contributed by atoms with Gasteiger partial charge in [0.2, 0.25) is 0 Å². The number of nitrogens with one attached hydrogen (secondary N) is 1. The fourth-order valence-electron chi connectivity index (χ4n) is 3.32. The van der Waals surface area contributed by atoms with Crippen molar-refractivity contribution in [2.24, 2.45) is 11.3 Å². The van der Waals surface area contributed by atoms with Gasteiger partial charge in [0.05, 0.1) is 0 Å². The lowest BCUT2D eigenvalue weighted by Crippen LogP contribution is -2.27. The number of anilines is 1. The maximum Gasteiger partial charge on any atom is 0.128 e. The molecule has 1 aromatic rings. The molecule has 1 aromatic heterocycles. The van der Waals surface area contributed by atoms with E-state index in [0.717, 1.165) is 37.1 Å². The van der Waals surface area contributed by atoms with E-state index in [4.69, 9.17) is 4.98 Å². The minimum Gasteiger partial charge on any atom is -0.357 e. The third-order valence-electron chi connectivity index (χ3n) is 4.82. The van der Waals surface area contributed by atoms with Gasteiger partial charge in [-0.15, -0.1) is 0 Å². The third kappa shape index (κ3) is 4.19. The van der Waals surface area contributed by atoms with Crippen LogP contribution in [0, 0.1) is 18.3 Å². The molecule has 0 saturated carbocycles. The number of aryl methyl sites for hydroxylation is 1. The van der Waals surface area contributed by atoms with Crippen LogP contribution in [0.3, 0.4) is 0 Å². The molecule has 3 nitrogen and oxygen atoms in total. The first-order chi connectivity index (χ1) is 9.91. The molecule has 1 N–H and O–H groups in total. The number of hydrogen-bond donors (Lipinski definition) is 1. The summed E-state index contributed by atoms with van der Waals surface area (Å²) in [6.45, 7) is 12.4. The Balaban J connectivity index is 2.07. The Bertz CT molecular complexity index is 462. The Morgan fingerprint density at radius 1 is 1.24 bits per heavy atom. The van der Waals surface area contributed by atoms with Gasteiger partial charge in [0.25, 0.3) is 0 Å². The van der Waals surface area contributed by atoms with Crippen molar-refractivity contribution in [2.75, 3.05) is 25.0 Å². The van der Waals surface area contributed by atoms with Gasteiger partial charge in [-0.25, -0.2) is 4.98 Å². The zero-order valence-electron chi connectivity index (χ0n) is 14.4. The van der Waals surface area contributed by atoms with E-state index < -0.39 is 0 Å². The van der Waals surface area contributed by atoms with Crippen LogP contribution in [-0.4, -0.2) is 25.1 Å². The largest absolute Gasteiger partial charge is 0.357 e. The van der Waals surface area contributed by atoms with Crippen LogP contribution in [-0.2, 0) is 6.54 Å². The van der Waals surface area contributed by atoms with Crippen molar-refractivity contribution >= 4 is 5.82 Å². The smallest absolute Gasteiger partial charge is 0.128 e. The molecule has 2 rings (SSSR count). The topological polar surface area (TPSA) is 28.2 Å². The molecular weight excluding hydrogens is 258 g/mol. The minimum absolute atomic E-state index is 0.427. The van der Waals surface area contributed by atoms with Gasteiger partial charge >= 0.3 is 0 Å². The molecular formula is C18H31N3. The van der Waals surface area contributed by atoms with Gasteiger partial charge in [-0.1, -0.05) is 26.8 Å². The number of hydrogen-bond acceptors (Lipinski definition) is 3. The van der Waals surface area contributed by atoms with E-state index in [2.05, 4.69) is 50.0 Å². The van der Waals surface area contributed by atoms with Crippen LogP contribution in [0.25, 0.3) is 0 Å². The van der Waals surface area contributed by atoms with E-state index in [1.807, 2.05) is 7.05 Å². The van der Waals surface area contributed by atoms with Crippen LogP contribution in [0.4, 0.5) is 5.82 Å².